The van der Waals surface area contributed by atoms with Crippen molar-refractivity contribution in [3.63, 3.8) is 0 Å². The number of rotatable bonds is 2. The van der Waals surface area contributed by atoms with Crippen LogP contribution < -0.4 is 5.73 Å². The molecule has 0 saturated heterocycles. The molecule has 0 bridgehead atoms. The van der Waals surface area contributed by atoms with Gasteiger partial charge < -0.3 is 5.73 Å². The van der Waals surface area contributed by atoms with Crippen molar-refractivity contribution in [1.82, 2.24) is 4.98 Å². The summed E-state index contributed by atoms with van der Waals surface area (Å²) in [4.78, 5) is 4.09. The number of nitrogens with two attached hydrogens (primary N) is 1. The molecule has 1 aromatic carbocycles. The highest BCUT2D eigenvalue weighted by Gasteiger charge is 2.02. The van der Waals surface area contributed by atoms with Crippen LogP contribution in [0.1, 0.15) is 16.7 Å². The number of hydrogen-bond donors (Lipinski definition) is 1. The van der Waals surface area contributed by atoms with Crippen LogP contribution in [0, 0.1) is 6.92 Å². The molecule has 0 saturated carbocycles. The zero-order valence-corrected chi connectivity index (χ0v) is 8.77. The van der Waals surface area contributed by atoms with Crippen molar-refractivity contribution in [3.05, 3.63) is 59.4 Å². The fourth-order valence-electron chi connectivity index (χ4n) is 1.60. The molecule has 76 valence electrons. The SMILES string of the molecule is Cc1ccccc1Cc1cnccc1N. The molecular weight excluding hydrogens is 184 g/mol. The van der Waals surface area contributed by atoms with E-state index in [-0.39, 0.29) is 0 Å². The maximum Gasteiger partial charge on any atom is 0.0380 e. The number of nitrogen functional groups attached to an aromatic ring is 1. The number of aryl methyl sites for hydroxylation is 1. The third kappa shape index (κ3) is 2.15. The Morgan fingerprint density at radius 3 is 2.67 bits per heavy atom. The summed E-state index contributed by atoms with van der Waals surface area (Å²) in [5, 5.41) is 0. The second-order valence-corrected chi connectivity index (χ2v) is 3.68. The van der Waals surface area contributed by atoms with E-state index in [9.17, 15) is 0 Å². The van der Waals surface area contributed by atoms with Gasteiger partial charge in [0.15, 0.2) is 0 Å². The Hall–Kier alpha value is -1.83. The quantitative estimate of drug-likeness (QED) is 0.805. The average molecular weight is 198 g/mol. The number of aromatic nitrogens is 1. The first kappa shape index (κ1) is 9.71. The molecule has 0 spiro atoms. The first-order valence-corrected chi connectivity index (χ1v) is 5.00. The molecule has 0 amide bonds. The van der Waals surface area contributed by atoms with Gasteiger partial charge in [-0.05, 0) is 29.7 Å². The second kappa shape index (κ2) is 4.13. The van der Waals surface area contributed by atoms with E-state index in [1.807, 2.05) is 18.3 Å². The summed E-state index contributed by atoms with van der Waals surface area (Å²) in [7, 11) is 0. The summed E-state index contributed by atoms with van der Waals surface area (Å²) in [6.07, 6.45) is 4.41. The van der Waals surface area contributed by atoms with E-state index in [1.54, 1.807) is 6.20 Å². The Labute approximate surface area is 89.8 Å². The lowest BCUT2D eigenvalue weighted by molar-refractivity contribution is 1.13. The van der Waals surface area contributed by atoms with Gasteiger partial charge in [0.25, 0.3) is 0 Å². The first-order chi connectivity index (χ1) is 7.27. The summed E-state index contributed by atoms with van der Waals surface area (Å²) in [6, 6.07) is 10.2. The summed E-state index contributed by atoms with van der Waals surface area (Å²) < 4.78 is 0. The van der Waals surface area contributed by atoms with Gasteiger partial charge in [-0.25, -0.2) is 0 Å². The first-order valence-electron chi connectivity index (χ1n) is 5.00. The van der Waals surface area contributed by atoms with Crippen LogP contribution in [0.4, 0.5) is 5.69 Å². The van der Waals surface area contributed by atoms with Crippen LogP contribution in [-0.4, -0.2) is 4.98 Å². The normalized spacial score (nSPS) is 10.2. The molecular formula is C13H14N2. The number of hydrogen-bond acceptors (Lipinski definition) is 2. The van der Waals surface area contributed by atoms with Gasteiger partial charge >= 0.3 is 0 Å². The van der Waals surface area contributed by atoms with E-state index in [0.29, 0.717) is 0 Å². The summed E-state index contributed by atoms with van der Waals surface area (Å²) in [5.41, 5.74) is 10.4. The smallest absolute Gasteiger partial charge is 0.0380 e. The third-order valence-electron chi connectivity index (χ3n) is 2.58. The van der Waals surface area contributed by atoms with Crippen molar-refractivity contribution >= 4 is 5.69 Å². The Morgan fingerprint density at radius 2 is 1.93 bits per heavy atom. The van der Waals surface area contributed by atoms with Crippen LogP contribution in [0.15, 0.2) is 42.7 Å². The Kier molecular flexibility index (Phi) is 2.68. The molecule has 15 heavy (non-hydrogen) atoms. The zero-order chi connectivity index (χ0) is 10.7. The summed E-state index contributed by atoms with van der Waals surface area (Å²) in [6.45, 7) is 2.11. The lowest BCUT2D eigenvalue weighted by Crippen LogP contribution is -1.97. The van der Waals surface area contributed by atoms with E-state index < -0.39 is 0 Å². The third-order valence-corrected chi connectivity index (χ3v) is 2.58. The van der Waals surface area contributed by atoms with Crippen molar-refractivity contribution in [2.24, 2.45) is 0 Å². The maximum atomic E-state index is 5.88. The molecule has 0 unspecified atom stereocenters. The van der Waals surface area contributed by atoms with Gasteiger partial charge in [-0.15, -0.1) is 0 Å². The Morgan fingerprint density at radius 1 is 1.13 bits per heavy atom. The van der Waals surface area contributed by atoms with Gasteiger partial charge in [0.2, 0.25) is 0 Å². The molecule has 0 aliphatic heterocycles. The molecule has 2 aromatic rings. The van der Waals surface area contributed by atoms with Gasteiger partial charge in [0.1, 0.15) is 0 Å². The van der Waals surface area contributed by atoms with Crippen molar-refractivity contribution in [2.45, 2.75) is 13.3 Å². The van der Waals surface area contributed by atoms with Gasteiger partial charge in [-0.2, -0.15) is 0 Å². The van der Waals surface area contributed by atoms with E-state index >= 15 is 0 Å². The molecule has 0 atom stereocenters. The molecule has 2 nitrogen and oxygen atoms in total. The molecule has 0 radical (unpaired) electrons. The lowest BCUT2D eigenvalue weighted by atomic mass is 10.0. The lowest BCUT2D eigenvalue weighted by Gasteiger charge is -2.07. The van der Waals surface area contributed by atoms with Crippen LogP contribution in [0.2, 0.25) is 0 Å². The summed E-state index contributed by atoms with van der Waals surface area (Å²) in [5.74, 6) is 0. The highest BCUT2D eigenvalue weighted by atomic mass is 14.7. The van der Waals surface area contributed by atoms with Crippen LogP contribution >= 0.6 is 0 Å². The van der Waals surface area contributed by atoms with E-state index in [2.05, 4.69) is 30.1 Å². The molecule has 0 aliphatic rings. The minimum atomic E-state index is 0.813. The van der Waals surface area contributed by atoms with E-state index in [1.165, 1.54) is 11.1 Å². The zero-order valence-electron chi connectivity index (χ0n) is 8.77. The van der Waals surface area contributed by atoms with Gasteiger partial charge in [-0.3, -0.25) is 4.98 Å². The van der Waals surface area contributed by atoms with Crippen molar-refractivity contribution in [1.29, 1.82) is 0 Å². The fraction of sp³-hybridized carbons (Fsp3) is 0.154. The molecule has 0 fully saturated rings. The predicted molar refractivity (Wildman–Crippen MR) is 62.6 cm³/mol. The highest BCUT2D eigenvalue weighted by molar-refractivity contribution is 5.47. The molecule has 2 heteroatoms. The standard InChI is InChI=1S/C13H14N2/c1-10-4-2-3-5-11(10)8-12-9-15-7-6-13(12)14/h2-7,9H,8H2,1H3,(H2,14,15). The molecule has 2 rings (SSSR count). The second-order valence-electron chi connectivity index (χ2n) is 3.68. The fourth-order valence-corrected chi connectivity index (χ4v) is 1.60. The van der Waals surface area contributed by atoms with Gasteiger partial charge in [0.05, 0.1) is 0 Å². The van der Waals surface area contributed by atoms with E-state index in [4.69, 9.17) is 5.73 Å². The van der Waals surface area contributed by atoms with Crippen LogP contribution in [0.25, 0.3) is 0 Å². The maximum absolute atomic E-state index is 5.88. The van der Waals surface area contributed by atoms with Crippen LogP contribution in [0.5, 0.6) is 0 Å². The topological polar surface area (TPSA) is 38.9 Å². The highest BCUT2D eigenvalue weighted by Crippen LogP contribution is 2.17. The minimum Gasteiger partial charge on any atom is -0.398 e. The molecule has 1 aromatic heterocycles. The van der Waals surface area contributed by atoms with Crippen molar-refractivity contribution in [2.75, 3.05) is 5.73 Å². The number of anilines is 1. The Bertz CT molecular complexity index is 420. The monoisotopic (exact) mass is 198 g/mol. The molecule has 1 heterocycles. The van der Waals surface area contributed by atoms with Crippen LogP contribution in [0.3, 0.4) is 0 Å². The number of benzene rings is 1. The number of pyridine rings is 1. The van der Waals surface area contributed by atoms with Crippen LogP contribution in [-0.2, 0) is 6.42 Å². The Balaban J connectivity index is 2.30. The predicted octanol–water partition coefficient (Wildman–Crippen LogP) is 2.56. The summed E-state index contributed by atoms with van der Waals surface area (Å²) >= 11 is 0. The number of nitrogens with zero attached hydrogens (tertiary/aromatic N) is 1. The van der Waals surface area contributed by atoms with Gasteiger partial charge in [0, 0.05) is 24.5 Å². The van der Waals surface area contributed by atoms with Crippen molar-refractivity contribution in [3.8, 4) is 0 Å². The average Bonchev–Trinajstić information content (AvgIpc) is 2.24. The molecule has 2 N–H and O–H groups in total. The largest absolute Gasteiger partial charge is 0.398 e. The molecule has 0 aliphatic carbocycles. The van der Waals surface area contributed by atoms with Gasteiger partial charge in [-0.1, -0.05) is 24.3 Å². The van der Waals surface area contributed by atoms with Crippen molar-refractivity contribution < 1.29 is 0 Å². The van der Waals surface area contributed by atoms with E-state index in [0.717, 1.165) is 17.7 Å². The minimum absolute atomic E-state index is 0.813.